The Bertz CT molecular complexity index is 659. The summed E-state index contributed by atoms with van der Waals surface area (Å²) in [5.41, 5.74) is -0.0190. The van der Waals surface area contributed by atoms with E-state index in [9.17, 15) is 14.0 Å². The monoisotopic (exact) mass is 371 g/mol. The number of ether oxygens (including phenoxy) is 2. The Morgan fingerprint density at radius 2 is 2.00 bits per heavy atom. The number of hydrogen-bond donors (Lipinski definition) is 0. The number of esters is 1. The molecule has 1 aromatic rings. The van der Waals surface area contributed by atoms with E-state index < -0.39 is 29.4 Å². The first-order valence-corrected chi connectivity index (χ1v) is 8.59. The molecule has 1 heterocycles. The van der Waals surface area contributed by atoms with Gasteiger partial charge in [0, 0.05) is 24.0 Å². The van der Waals surface area contributed by atoms with Gasteiger partial charge in [-0.05, 0) is 45.4 Å². The van der Waals surface area contributed by atoms with Crippen molar-refractivity contribution in [3.8, 4) is 0 Å². The molecule has 1 aromatic carbocycles. The van der Waals surface area contributed by atoms with Gasteiger partial charge < -0.3 is 14.4 Å². The molecule has 138 valence electrons. The first-order chi connectivity index (χ1) is 11.6. The third kappa shape index (κ3) is 4.84. The number of hydrogen-bond acceptors (Lipinski definition) is 4. The van der Waals surface area contributed by atoms with Crippen LogP contribution in [0.5, 0.6) is 0 Å². The summed E-state index contributed by atoms with van der Waals surface area (Å²) in [6.07, 6.45) is -0.498. The average Bonchev–Trinajstić information content (AvgIpc) is 2.91. The van der Waals surface area contributed by atoms with Crippen LogP contribution in [0.4, 0.5) is 9.18 Å². The van der Waals surface area contributed by atoms with Gasteiger partial charge in [0.05, 0.1) is 12.5 Å². The number of nitrogens with zero attached hydrogens (tertiary/aromatic N) is 1. The lowest BCUT2D eigenvalue weighted by atomic mass is 9.89. The molecule has 1 fully saturated rings. The van der Waals surface area contributed by atoms with Crippen LogP contribution in [0.15, 0.2) is 18.2 Å². The number of amides is 1. The van der Waals surface area contributed by atoms with Gasteiger partial charge in [-0.25, -0.2) is 9.18 Å². The van der Waals surface area contributed by atoms with Crippen molar-refractivity contribution in [2.75, 3.05) is 19.7 Å². The zero-order valence-electron chi connectivity index (χ0n) is 14.8. The molecule has 0 aliphatic carbocycles. The highest BCUT2D eigenvalue weighted by Gasteiger charge is 2.43. The van der Waals surface area contributed by atoms with E-state index in [1.54, 1.807) is 33.8 Å². The van der Waals surface area contributed by atoms with Gasteiger partial charge in [-0.3, -0.25) is 4.79 Å². The summed E-state index contributed by atoms with van der Waals surface area (Å²) < 4.78 is 23.9. The number of benzene rings is 1. The summed E-state index contributed by atoms with van der Waals surface area (Å²) >= 11 is 6.16. The van der Waals surface area contributed by atoms with E-state index in [4.69, 9.17) is 21.1 Å². The van der Waals surface area contributed by atoms with E-state index in [2.05, 4.69) is 0 Å². The molecule has 0 N–H and O–H groups in total. The number of rotatable bonds is 3. The maximum Gasteiger partial charge on any atom is 0.410 e. The molecule has 1 amide bonds. The van der Waals surface area contributed by atoms with Gasteiger partial charge in [0.1, 0.15) is 11.4 Å². The topological polar surface area (TPSA) is 55.8 Å². The van der Waals surface area contributed by atoms with Crippen molar-refractivity contribution in [1.82, 2.24) is 4.90 Å². The summed E-state index contributed by atoms with van der Waals surface area (Å²) in [6, 6.07) is 4.04. The number of carbonyl (C=O) groups excluding carboxylic acids is 2. The third-order valence-corrected chi connectivity index (χ3v) is 4.25. The molecule has 1 aliphatic heterocycles. The molecule has 0 aromatic heterocycles. The molecule has 5 nitrogen and oxygen atoms in total. The number of likely N-dealkylation sites (tertiary alicyclic amines) is 1. The van der Waals surface area contributed by atoms with Gasteiger partial charge in [0.25, 0.3) is 0 Å². The summed E-state index contributed by atoms with van der Waals surface area (Å²) in [6.45, 7) is 7.72. The van der Waals surface area contributed by atoms with Crippen molar-refractivity contribution in [3.05, 3.63) is 34.6 Å². The lowest BCUT2D eigenvalue weighted by Gasteiger charge is -2.24. The largest absolute Gasteiger partial charge is 0.466 e. The van der Waals surface area contributed by atoms with E-state index in [1.165, 1.54) is 17.0 Å². The Labute approximate surface area is 152 Å². The minimum atomic E-state index is -0.637. The highest BCUT2D eigenvalue weighted by molar-refractivity contribution is 6.31. The van der Waals surface area contributed by atoms with Gasteiger partial charge in [0.15, 0.2) is 0 Å². The van der Waals surface area contributed by atoms with E-state index in [1.807, 2.05) is 0 Å². The van der Waals surface area contributed by atoms with Crippen molar-refractivity contribution in [3.63, 3.8) is 0 Å². The Hall–Kier alpha value is -1.82. The van der Waals surface area contributed by atoms with Crippen LogP contribution in [0.3, 0.4) is 0 Å². The molecule has 0 bridgehead atoms. The molecule has 2 rings (SSSR count). The van der Waals surface area contributed by atoms with Crippen LogP contribution in [-0.4, -0.2) is 42.3 Å². The molecule has 0 unspecified atom stereocenters. The first kappa shape index (κ1) is 19.5. The number of carbonyl (C=O) groups is 2. The molecular weight excluding hydrogens is 349 g/mol. The van der Waals surface area contributed by atoms with E-state index in [0.717, 1.165) is 0 Å². The Kier molecular flexibility index (Phi) is 5.93. The maximum absolute atomic E-state index is 13.3. The fourth-order valence-corrected chi connectivity index (χ4v) is 3.19. The van der Waals surface area contributed by atoms with E-state index >= 15 is 0 Å². The molecule has 0 spiro atoms. The van der Waals surface area contributed by atoms with Crippen LogP contribution < -0.4 is 0 Å². The summed E-state index contributed by atoms with van der Waals surface area (Å²) in [4.78, 5) is 26.2. The highest BCUT2D eigenvalue weighted by Crippen LogP contribution is 2.37. The predicted octanol–water partition coefficient (Wildman–Crippen LogP) is 3.99. The van der Waals surface area contributed by atoms with E-state index in [-0.39, 0.29) is 30.6 Å². The maximum atomic E-state index is 13.3. The molecule has 25 heavy (non-hydrogen) atoms. The zero-order valence-corrected chi connectivity index (χ0v) is 15.6. The van der Waals surface area contributed by atoms with Crippen molar-refractivity contribution in [1.29, 1.82) is 0 Å². The van der Waals surface area contributed by atoms with E-state index in [0.29, 0.717) is 5.56 Å². The van der Waals surface area contributed by atoms with Gasteiger partial charge in [0.2, 0.25) is 0 Å². The van der Waals surface area contributed by atoms with Gasteiger partial charge >= 0.3 is 12.1 Å². The Morgan fingerprint density at radius 1 is 1.32 bits per heavy atom. The van der Waals surface area contributed by atoms with Crippen LogP contribution in [0.25, 0.3) is 0 Å². The lowest BCUT2D eigenvalue weighted by molar-refractivity contribution is -0.147. The molecule has 1 saturated heterocycles. The van der Waals surface area contributed by atoms with Crippen molar-refractivity contribution in [2.24, 2.45) is 5.92 Å². The minimum absolute atomic E-state index is 0.173. The van der Waals surface area contributed by atoms with Crippen molar-refractivity contribution >= 4 is 23.7 Å². The van der Waals surface area contributed by atoms with Crippen molar-refractivity contribution in [2.45, 2.75) is 39.2 Å². The highest BCUT2D eigenvalue weighted by atomic mass is 35.5. The summed E-state index contributed by atoms with van der Waals surface area (Å²) in [7, 11) is 0. The second-order valence-electron chi connectivity index (χ2n) is 7.02. The quantitative estimate of drug-likeness (QED) is 0.754. The molecular formula is C18H23ClFNO4. The van der Waals surface area contributed by atoms with Gasteiger partial charge in [-0.1, -0.05) is 17.7 Å². The SMILES string of the molecule is CCOC(=O)[C@@H]1CN(C(=O)OC(C)(C)C)C[C@@H]1c1ccc(F)cc1Cl. The zero-order chi connectivity index (χ0) is 18.8. The smallest absolute Gasteiger partial charge is 0.410 e. The normalized spacial score (nSPS) is 20.5. The third-order valence-electron chi connectivity index (χ3n) is 3.92. The van der Waals surface area contributed by atoms with Crippen LogP contribution in [0, 0.1) is 11.7 Å². The van der Waals surface area contributed by atoms with Gasteiger partial charge in [-0.15, -0.1) is 0 Å². The number of halogens is 2. The molecule has 0 saturated carbocycles. The fraction of sp³-hybridized carbons (Fsp3) is 0.556. The standard InChI is InChI=1S/C18H23ClFNO4/c1-5-24-16(22)14-10-21(17(23)25-18(2,3)4)9-13(14)12-7-6-11(20)8-15(12)19/h6-8,13-14H,5,9-10H2,1-4H3/t13-,14-/m1/s1. The fourth-order valence-electron chi connectivity index (χ4n) is 2.88. The Balaban J connectivity index is 2.28. The average molecular weight is 372 g/mol. The molecule has 7 heteroatoms. The minimum Gasteiger partial charge on any atom is -0.466 e. The lowest BCUT2D eigenvalue weighted by Crippen LogP contribution is -2.36. The Morgan fingerprint density at radius 3 is 2.56 bits per heavy atom. The van der Waals surface area contributed by atoms with Gasteiger partial charge in [-0.2, -0.15) is 0 Å². The molecule has 2 atom stereocenters. The predicted molar refractivity (Wildman–Crippen MR) is 92.1 cm³/mol. The van der Waals surface area contributed by atoms with Crippen LogP contribution in [-0.2, 0) is 14.3 Å². The molecule has 1 aliphatic rings. The molecule has 0 radical (unpaired) electrons. The first-order valence-electron chi connectivity index (χ1n) is 8.22. The summed E-state index contributed by atoms with van der Waals surface area (Å²) in [5.74, 6) is -1.81. The second-order valence-corrected chi connectivity index (χ2v) is 7.42. The summed E-state index contributed by atoms with van der Waals surface area (Å²) in [5, 5.41) is 0.227. The van der Waals surface area contributed by atoms with Crippen LogP contribution in [0.2, 0.25) is 5.02 Å². The van der Waals surface area contributed by atoms with Crippen LogP contribution in [0.1, 0.15) is 39.2 Å². The second kappa shape index (κ2) is 7.60. The van der Waals surface area contributed by atoms with Crippen LogP contribution >= 0.6 is 11.6 Å². The van der Waals surface area contributed by atoms with Crippen molar-refractivity contribution < 1.29 is 23.5 Å².